The Morgan fingerprint density at radius 1 is 1.15 bits per heavy atom. The number of ether oxygens (including phenoxy) is 1. The van der Waals surface area contributed by atoms with Crippen molar-refractivity contribution in [1.82, 2.24) is 20.2 Å². The number of morpholine rings is 1. The number of rotatable bonds is 7. The standard InChI is InChI=1S/C26H31N5O2/c1-18-5-6-20(25(32)29-22-3-2-4-22)16-23(18)19-7-8-24-21(15-19)17-28-26(30-24)27-9-10-31-11-13-33-14-12-31/h5-8,15-17,22H,2-4,9-14H2,1H3,(H,29,32)(H,27,28,30). The number of nitrogens with one attached hydrogen (secondary N) is 2. The molecule has 2 heterocycles. The predicted molar refractivity (Wildman–Crippen MR) is 131 cm³/mol. The minimum atomic E-state index is 0.0119. The Kier molecular flexibility index (Phi) is 6.51. The molecule has 1 saturated heterocycles. The largest absolute Gasteiger partial charge is 0.379 e. The third-order valence-electron chi connectivity index (χ3n) is 6.65. The maximum Gasteiger partial charge on any atom is 0.251 e. The summed E-state index contributed by atoms with van der Waals surface area (Å²) in [5.74, 6) is 0.659. The highest BCUT2D eigenvalue weighted by Crippen LogP contribution is 2.28. The van der Waals surface area contributed by atoms with Gasteiger partial charge in [0.25, 0.3) is 5.91 Å². The van der Waals surface area contributed by atoms with Crippen LogP contribution in [-0.2, 0) is 4.74 Å². The molecule has 3 aromatic rings. The molecule has 1 aliphatic heterocycles. The van der Waals surface area contributed by atoms with Gasteiger partial charge in [0, 0.05) is 49.4 Å². The van der Waals surface area contributed by atoms with Gasteiger partial charge in [-0.15, -0.1) is 0 Å². The van der Waals surface area contributed by atoms with Gasteiger partial charge in [0.15, 0.2) is 0 Å². The molecule has 2 fully saturated rings. The van der Waals surface area contributed by atoms with E-state index in [1.54, 1.807) is 0 Å². The predicted octanol–water partition coefficient (Wildman–Crippen LogP) is 3.63. The SMILES string of the molecule is Cc1ccc(C(=O)NC2CCC2)cc1-c1ccc2nc(NCCN3CCOCC3)ncc2c1. The van der Waals surface area contributed by atoms with E-state index in [4.69, 9.17) is 4.74 Å². The Labute approximate surface area is 194 Å². The van der Waals surface area contributed by atoms with E-state index in [0.29, 0.717) is 17.6 Å². The van der Waals surface area contributed by atoms with E-state index in [0.717, 1.165) is 79.8 Å². The molecule has 0 atom stereocenters. The lowest BCUT2D eigenvalue weighted by molar-refractivity contribution is 0.0398. The Morgan fingerprint density at radius 3 is 2.79 bits per heavy atom. The van der Waals surface area contributed by atoms with Gasteiger partial charge >= 0.3 is 0 Å². The molecule has 0 spiro atoms. The summed E-state index contributed by atoms with van der Waals surface area (Å²) >= 11 is 0. The Bertz CT molecular complexity index is 1140. The van der Waals surface area contributed by atoms with Crippen LogP contribution >= 0.6 is 0 Å². The first-order valence-electron chi connectivity index (χ1n) is 11.9. The van der Waals surface area contributed by atoms with Gasteiger partial charge in [-0.2, -0.15) is 0 Å². The highest BCUT2D eigenvalue weighted by molar-refractivity contribution is 5.96. The number of anilines is 1. The van der Waals surface area contributed by atoms with E-state index in [9.17, 15) is 4.79 Å². The highest BCUT2D eigenvalue weighted by atomic mass is 16.5. The summed E-state index contributed by atoms with van der Waals surface area (Å²) in [4.78, 5) is 24.2. The van der Waals surface area contributed by atoms with Crippen molar-refractivity contribution in [2.24, 2.45) is 0 Å². The van der Waals surface area contributed by atoms with Crippen LogP contribution in [0.2, 0.25) is 0 Å². The van der Waals surface area contributed by atoms with Crippen LogP contribution < -0.4 is 10.6 Å². The summed E-state index contributed by atoms with van der Waals surface area (Å²) in [6, 6.07) is 12.5. The van der Waals surface area contributed by atoms with Gasteiger partial charge in [-0.25, -0.2) is 9.97 Å². The fourth-order valence-electron chi connectivity index (χ4n) is 4.33. The van der Waals surface area contributed by atoms with Crippen molar-refractivity contribution < 1.29 is 9.53 Å². The second-order valence-corrected chi connectivity index (χ2v) is 8.98. The number of fused-ring (bicyclic) bond motifs is 1. The molecule has 0 bridgehead atoms. The maximum atomic E-state index is 12.6. The van der Waals surface area contributed by atoms with E-state index < -0.39 is 0 Å². The van der Waals surface area contributed by atoms with E-state index in [1.807, 2.05) is 30.5 Å². The number of carbonyl (C=O) groups excluding carboxylic acids is 1. The summed E-state index contributed by atoms with van der Waals surface area (Å²) in [5, 5.41) is 7.45. The van der Waals surface area contributed by atoms with Gasteiger partial charge in [-0.1, -0.05) is 12.1 Å². The smallest absolute Gasteiger partial charge is 0.251 e. The van der Waals surface area contributed by atoms with Crippen molar-refractivity contribution in [1.29, 1.82) is 0 Å². The minimum absolute atomic E-state index is 0.0119. The lowest BCUT2D eigenvalue weighted by Gasteiger charge is -2.26. The van der Waals surface area contributed by atoms with Gasteiger partial charge < -0.3 is 15.4 Å². The summed E-state index contributed by atoms with van der Waals surface area (Å²) in [6.07, 6.45) is 5.23. The first-order chi connectivity index (χ1) is 16.2. The Morgan fingerprint density at radius 2 is 2.00 bits per heavy atom. The zero-order chi connectivity index (χ0) is 22.6. The zero-order valence-electron chi connectivity index (χ0n) is 19.1. The number of carbonyl (C=O) groups is 1. The first kappa shape index (κ1) is 21.8. The Balaban J connectivity index is 1.29. The number of nitrogens with zero attached hydrogens (tertiary/aromatic N) is 3. The maximum absolute atomic E-state index is 12.6. The highest BCUT2D eigenvalue weighted by Gasteiger charge is 2.20. The van der Waals surface area contributed by atoms with Crippen molar-refractivity contribution in [2.75, 3.05) is 44.7 Å². The summed E-state index contributed by atoms with van der Waals surface area (Å²) in [7, 11) is 0. The normalized spacial score (nSPS) is 17.0. The zero-order valence-corrected chi connectivity index (χ0v) is 19.1. The lowest BCUT2D eigenvalue weighted by Crippen LogP contribution is -2.39. The molecule has 7 heteroatoms. The van der Waals surface area contributed by atoms with Crippen LogP contribution in [0.3, 0.4) is 0 Å². The van der Waals surface area contributed by atoms with Gasteiger partial charge in [0.2, 0.25) is 5.95 Å². The van der Waals surface area contributed by atoms with Crippen LogP contribution in [0.5, 0.6) is 0 Å². The van der Waals surface area contributed by atoms with Gasteiger partial charge in [0.1, 0.15) is 0 Å². The van der Waals surface area contributed by atoms with Crippen LogP contribution in [0.4, 0.5) is 5.95 Å². The fraction of sp³-hybridized carbons (Fsp3) is 0.423. The molecule has 1 saturated carbocycles. The van der Waals surface area contributed by atoms with Crippen LogP contribution in [0.1, 0.15) is 35.2 Å². The summed E-state index contributed by atoms with van der Waals surface area (Å²) in [6.45, 7) is 7.40. The summed E-state index contributed by atoms with van der Waals surface area (Å²) < 4.78 is 5.40. The molecule has 172 valence electrons. The van der Waals surface area contributed by atoms with Crippen molar-refractivity contribution in [3.63, 3.8) is 0 Å². The number of amides is 1. The van der Waals surface area contributed by atoms with Crippen LogP contribution in [0.15, 0.2) is 42.6 Å². The number of hydrogen-bond donors (Lipinski definition) is 2. The lowest BCUT2D eigenvalue weighted by atomic mass is 9.92. The van der Waals surface area contributed by atoms with Gasteiger partial charge in [-0.05, 0) is 67.1 Å². The summed E-state index contributed by atoms with van der Waals surface area (Å²) in [5.41, 5.74) is 4.87. The molecule has 7 nitrogen and oxygen atoms in total. The molecule has 2 N–H and O–H groups in total. The third kappa shape index (κ3) is 5.15. The first-order valence-corrected chi connectivity index (χ1v) is 11.9. The number of aromatic nitrogens is 2. The van der Waals surface area contributed by atoms with Gasteiger partial charge in [0.05, 0.1) is 18.7 Å². The molecule has 2 aromatic carbocycles. The quantitative estimate of drug-likeness (QED) is 0.578. The number of benzene rings is 2. The van der Waals surface area contributed by atoms with Gasteiger partial charge in [-0.3, -0.25) is 9.69 Å². The molecule has 33 heavy (non-hydrogen) atoms. The topological polar surface area (TPSA) is 79.4 Å². The monoisotopic (exact) mass is 445 g/mol. The Hall–Kier alpha value is -3.03. The third-order valence-corrected chi connectivity index (χ3v) is 6.65. The second-order valence-electron chi connectivity index (χ2n) is 8.98. The van der Waals surface area contributed by atoms with E-state index >= 15 is 0 Å². The van der Waals surface area contributed by atoms with Crippen molar-refractivity contribution in [3.05, 3.63) is 53.7 Å². The molecule has 1 amide bonds. The number of hydrogen-bond acceptors (Lipinski definition) is 6. The minimum Gasteiger partial charge on any atom is -0.379 e. The molecule has 1 aliphatic carbocycles. The molecular weight excluding hydrogens is 414 g/mol. The fourth-order valence-corrected chi connectivity index (χ4v) is 4.33. The number of aryl methyl sites for hydroxylation is 1. The second kappa shape index (κ2) is 9.85. The van der Waals surface area contributed by atoms with E-state index in [-0.39, 0.29) is 5.91 Å². The van der Waals surface area contributed by atoms with Crippen molar-refractivity contribution in [2.45, 2.75) is 32.2 Å². The van der Waals surface area contributed by atoms with Crippen LogP contribution in [-0.4, -0.2) is 66.2 Å². The van der Waals surface area contributed by atoms with Crippen LogP contribution in [0.25, 0.3) is 22.0 Å². The van der Waals surface area contributed by atoms with Crippen molar-refractivity contribution >= 4 is 22.8 Å². The molecule has 0 radical (unpaired) electrons. The molecule has 5 rings (SSSR count). The average molecular weight is 446 g/mol. The molecule has 2 aliphatic rings. The molecule has 1 aromatic heterocycles. The van der Waals surface area contributed by atoms with E-state index in [2.05, 4.69) is 44.6 Å². The molecular formula is C26H31N5O2. The van der Waals surface area contributed by atoms with Crippen molar-refractivity contribution in [3.8, 4) is 11.1 Å². The average Bonchev–Trinajstić information content (AvgIpc) is 2.82. The van der Waals surface area contributed by atoms with E-state index in [1.165, 1.54) is 6.42 Å². The molecule has 0 unspecified atom stereocenters. The van der Waals surface area contributed by atoms with Crippen LogP contribution in [0, 0.1) is 6.92 Å².